The fourth-order valence-electron chi connectivity index (χ4n) is 1.83. The first-order chi connectivity index (χ1) is 9.20. The van der Waals surface area contributed by atoms with Gasteiger partial charge in [0, 0.05) is 19.2 Å². The summed E-state index contributed by atoms with van der Waals surface area (Å²) in [6.07, 6.45) is 1.67. The molecule has 0 saturated heterocycles. The molecule has 1 aromatic heterocycles. The topological polar surface area (TPSA) is 54.3 Å². The molecule has 1 aromatic carbocycles. The van der Waals surface area contributed by atoms with Crippen LogP contribution in [0.3, 0.4) is 0 Å². The Bertz CT molecular complexity index is 518. The predicted octanol–water partition coefficient (Wildman–Crippen LogP) is 2.49. The van der Waals surface area contributed by atoms with Crippen molar-refractivity contribution >= 4 is 5.91 Å². The summed E-state index contributed by atoms with van der Waals surface area (Å²) >= 11 is 0. The number of amides is 1. The van der Waals surface area contributed by atoms with Gasteiger partial charge in [0.1, 0.15) is 5.76 Å². The van der Waals surface area contributed by atoms with Crippen LogP contribution in [0, 0.1) is 0 Å². The summed E-state index contributed by atoms with van der Waals surface area (Å²) in [5.41, 5.74) is 1.80. The molecule has 0 aliphatic rings. The molecule has 4 heteroatoms. The quantitative estimate of drug-likeness (QED) is 0.866. The lowest BCUT2D eigenvalue weighted by molar-refractivity contribution is 0.0963. The molecule has 0 aliphatic heterocycles. The standard InChI is InChI=1S/C15H18N2O2/c1-11(14-4-3-9-19-14)17-10-12-5-7-13(8-6-12)15(18)16-2/h3-9,11,17H,10H2,1-2H3,(H,16,18). The Morgan fingerprint density at radius 1 is 1.26 bits per heavy atom. The summed E-state index contributed by atoms with van der Waals surface area (Å²) in [7, 11) is 1.63. The van der Waals surface area contributed by atoms with Crippen molar-refractivity contribution in [2.45, 2.75) is 19.5 Å². The largest absolute Gasteiger partial charge is 0.468 e. The molecular weight excluding hydrogens is 240 g/mol. The lowest BCUT2D eigenvalue weighted by Gasteiger charge is -2.11. The molecule has 0 fully saturated rings. The molecule has 0 bridgehead atoms. The summed E-state index contributed by atoms with van der Waals surface area (Å²) < 4.78 is 5.33. The van der Waals surface area contributed by atoms with Crippen LogP contribution in [-0.2, 0) is 6.54 Å². The predicted molar refractivity (Wildman–Crippen MR) is 73.8 cm³/mol. The van der Waals surface area contributed by atoms with Gasteiger partial charge in [0.2, 0.25) is 0 Å². The third-order valence-corrected chi connectivity index (χ3v) is 3.03. The number of benzene rings is 1. The van der Waals surface area contributed by atoms with E-state index in [0.717, 1.165) is 17.9 Å². The van der Waals surface area contributed by atoms with Crippen molar-refractivity contribution in [2.24, 2.45) is 0 Å². The molecule has 1 amide bonds. The average Bonchev–Trinajstić information content (AvgIpc) is 2.98. The van der Waals surface area contributed by atoms with Gasteiger partial charge in [0.25, 0.3) is 5.91 Å². The van der Waals surface area contributed by atoms with Crippen molar-refractivity contribution in [3.63, 3.8) is 0 Å². The Morgan fingerprint density at radius 2 is 2.00 bits per heavy atom. The van der Waals surface area contributed by atoms with E-state index >= 15 is 0 Å². The molecule has 2 N–H and O–H groups in total. The Morgan fingerprint density at radius 3 is 2.58 bits per heavy atom. The van der Waals surface area contributed by atoms with Crippen molar-refractivity contribution in [3.05, 3.63) is 59.5 Å². The first kappa shape index (κ1) is 13.4. The van der Waals surface area contributed by atoms with E-state index in [-0.39, 0.29) is 11.9 Å². The molecule has 2 aromatic rings. The van der Waals surface area contributed by atoms with Crippen LogP contribution in [-0.4, -0.2) is 13.0 Å². The van der Waals surface area contributed by atoms with Gasteiger partial charge in [0.05, 0.1) is 12.3 Å². The highest BCUT2D eigenvalue weighted by atomic mass is 16.3. The first-order valence-corrected chi connectivity index (χ1v) is 6.28. The highest BCUT2D eigenvalue weighted by molar-refractivity contribution is 5.93. The van der Waals surface area contributed by atoms with Gasteiger partial charge in [-0.2, -0.15) is 0 Å². The van der Waals surface area contributed by atoms with Crippen LogP contribution in [0.5, 0.6) is 0 Å². The third-order valence-electron chi connectivity index (χ3n) is 3.03. The Kier molecular flexibility index (Phi) is 4.36. The summed E-state index contributed by atoms with van der Waals surface area (Å²) in [6.45, 7) is 2.79. The van der Waals surface area contributed by atoms with Crippen molar-refractivity contribution in [2.75, 3.05) is 7.05 Å². The van der Waals surface area contributed by atoms with Gasteiger partial charge in [-0.3, -0.25) is 4.79 Å². The number of nitrogens with one attached hydrogen (secondary N) is 2. The van der Waals surface area contributed by atoms with Gasteiger partial charge in [-0.05, 0) is 36.8 Å². The summed E-state index contributed by atoms with van der Waals surface area (Å²) in [5, 5.41) is 5.97. The van der Waals surface area contributed by atoms with Crippen molar-refractivity contribution < 1.29 is 9.21 Å². The molecule has 0 radical (unpaired) electrons. The summed E-state index contributed by atoms with van der Waals surface area (Å²) in [5.74, 6) is 0.852. The highest BCUT2D eigenvalue weighted by Gasteiger charge is 2.07. The molecule has 0 spiro atoms. The Labute approximate surface area is 112 Å². The second-order valence-corrected chi connectivity index (χ2v) is 4.39. The first-order valence-electron chi connectivity index (χ1n) is 6.28. The number of rotatable bonds is 5. The fraction of sp³-hybridized carbons (Fsp3) is 0.267. The minimum atomic E-state index is -0.0662. The van der Waals surface area contributed by atoms with Gasteiger partial charge in [-0.25, -0.2) is 0 Å². The van der Waals surface area contributed by atoms with E-state index in [1.54, 1.807) is 13.3 Å². The molecule has 2 rings (SSSR count). The molecule has 1 heterocycles. The van der Waals surface area contributed by atoms with E-state index in [1.165, 1.54) is 0 Å². The second-order valence-electron chi connectivity index (χ2n) is 4.39. The lowest BCUT2D eigenvalue weighted by atomic mass is 10.1. The van der Waals surface area contributed by atoms with Gasteiger partial charge in [-0.15, -0.1) is 0 Å². The maximum Gasteiger partial charge on any atom is 0.251 e. The monoisotopic (exact) mass is 258 g/mol. The Hall–Kier alpha value is -2.07. The SMILES string of the molecule is CNC(=O)c1ccc(CNC(C)c2ccco2)cc1. The van der Waals surface area contributed by atoms with Gasteiger partial charge >= 0.3 is 0 Å². The van der Waals surface area contributed by atoms with Crippen LogP contribution in [0.4, 0.5) is 0 Å². The van der Waals surface area contributed by atoms with E-state index in [2.05, 4.69) is 17.6 Å². The van der Waals surface area contributed by atoms with Crippen LogP contribution in [0.25, 0.3) is 0 Å². The maximum atomic E-state index is 11.4. The number of hydrogen-bond acceptors (Lipinski definition) is 3. The van der Waals surface area contributed by atoms with Crippen LogP contribution >= 0.6 is 0 Å². The minimum absolute atomic E-state index is 0.0662. The normalized spacial score (nSPS) is 12.1. The second kappa shape index (κ2) is 6.20. The van der Waals surface area contributed by atoms with E-state index in [4.69, 9.17) is 4.42 Å². The van der Waals surface area contributed by atoms with E-state index < -0.39 is 0 Å². The number of carbonyl (C=O) groups excluding carboxylic acids is 1. The fourth-order valence-corrected chi connectivity index (χ4v) is 1.83. The number of carbonyl (C=O) groups is 1. The van der Waals surface area contributed by atoms with Crippen molar-refractivity contribution in [3.8, 4) is 0 Å². The van der Waals surface area contributed by atoms with Crippen molar-refractivity contribution in [1.82, 2.24) is 10.6 Å². The van der Waals surface area contributed by atoms with Crippen LogP contribution in [0.1, 0.15) is 34.6 Å². The number of hydrogen-bond donors (Lipinski definition) is 2. The van der Waals surface area contributed by atoms with Gasteiger partial charge in [0.15, 0.2) is 0 Å². The van der Waals surface area contributed by atoms with E-state index in [9.17, 15) is 4.79 Å². The minimum Gasteiger partial charge on any atom is -0.468 e. The Balaban J connectivity index is 1.91. The molecule has 1 atom stereocenters. The molecular formula is C15H18N2O2. The molecule has 1 unspecified atom stereocenters. The molecule has 100 valence electrons. The molecule has 0 saturated carbocycles. The van der Waals surface area contributed by atoms with Crippen LogP contribution in [0.2, 0.25) is 0 Å². The highest BCUT2D eigenvalue weighted by Crippen LogP contribution is 2.13. The molecule has 19 heavy (non-hydrogen) atoms. The zero-order valence-electron chi connectivity index (χ0n) is 11.1. The van der Waals surface area contributed by atoms with Crippen LogP contribution in [0.15, 0.2) is 47.1 Å². The third kappa shape index (κ3) is 3.45. The van der Waals surface area contributed by atoms with Gasteiger partial charge < -0.3 is 15.1 Å². The van der Waals surface area contributed by atoms with Crippen molar-refractivity contribution in [1.29, 1.82) is 0 Å². The average molecular weight is 258 g/mol. The summed E-state index contributed by atoms with van der Waals surface area (Å²) in [6, 6.07) is 11.5. The molecule has 0 aliphatic carbocycles. The van der Waals surface area contributed by atoms with Gasteiger partial charge in [-0.1, -0.05) is 12.1 Å². The zero-order chi connectivity index (χ0) is 13.7. The zero-order valence-corrected chi connectivity index (χ0v) is 11.1. The smallest absolute Gasteiger partial charge is 0.251 e. The van der Waals surface area contributed by atoms with E-state index in [1.807, 2.05) is 36.4 Å². The number of furan rings is 1. The van der Waals surface area contributed by atoms with Crippen LogP contribution < -0.4 is 10.6 Å². The van der Waals surface area contributed by atoms with E-state index in [0.29, 0.717) is 5.56 Å². The summed E-state index contributed by atoms with van der Waals surface area (Å²) in [4.78, 5) is 11.4. The molecule has 4 nitrogen and oxygen atoms in total. The maximum absolute atomic E-state index is 11.4. The lowest BCUT2D eigenvalue weighted by Crippen LogP contribution is -2.19.